The maximum Gasteiger partial charge on any atom is 0.314 e. The predicted octanol–water partition coefficient (Wildman–Crippen LogP) is 3.66. The van der Waals surface area contributed by atoms with E-state index in [9.17, 15) is 15.2 Å². The van der Waals surface area contributed by atoms with E-state index in [2.05, 4.69) is 48.0 Å². The van der Waals surface area contributed by atoms with Crippen LogP contribution in [0.2, 0.25) is 0 Å². The summed E-state index contributed by atoms with van der Waals surface area (Å²) in [6, 6.07) is 16.4. The van der Waals surface area contributed by atoms with Gasteiger partial charge in [0.05, 0.1) is 28.4 Å². The van der Waals surface area contributed by atoms with E-state index in [0.717, 1.165) is 48.4 Å². The topological polar surface area (TPSA) is 97.2 Å². The molecule has 0 radical (unpaired) electrons. The molecule has 2 aliphatic rings. The fourth-order valence-electron chi connectivity index (χ4n) is 4.22. The SMILES string of the molecule is CC(CN[C@H](C)[C@H]1CNc2cccc(C#N)c2N1)c1cccc(C2(C(=O)O)CC2)c1. The Balaban J connectivity index is 1.38. The summed E-state index contributed by atoms with van der Waals surface area (Å²) in [7, 11) is 0. The number of fused-ring (bicyclic) bond motifs is 1. The molecule has 0 amide bonds. The fourth-order valence-corrected chi connectivity index (χ4v) is 4.22. The highest BCUT2D eigenvalue weighted by Gasteiger charge is 2.51. The Bertz CT molecular complexity index is 993. The summed E-state index contributed by atoms with van der Waals surface area (Å²) in [5.74, 6) is -0.456. The Labute approximate surface area is 177 Å². The van der Waals surface area contributed by atoms with Gasteiger partial charge in [-0.15, -0.1) is 0 Å². The van der Waals surface area contributed by atoms with Gasteiger partial charge >= 0.3 is 5.97 Å². The highest BCUT2D eigenvalue weighted by Crippen LogP contribution is 2.48. The van der Waals surface area contributed by atoms with E-state index in [4.69, 9.17) is 0 Å². The van der Waals surface area contributed by atoms with Gasteiger partial charge < -0.3 is 21.1 Å². The van der Waals surface area contributed by atoms with Crippen LogP contribution in [0.3, 0.4) is 0 Å². The Morgan fingerprint density at radius 3 is 2.77 bits per heavy atom. The number of hydrogen-bond donors (Lipinski definition) is 4. The van der Waals surface area contributed by atoms with Gasteiger partial charge in [-0.1, -0.05) is 37.3 Å². The molecule has 0 saturated heterocycles. The molecule has 4 N–H and O–H groups in total. The molecule has 2 aromatic carbocycles. The maximum absolute atomic E-state index is 11.6. The lowest BCUT2D eigenvalue weighted by Crippen LogP contribution is -2.48. The van der Waals surface area contributed by atoms with Crippen LogP contribution in [0.4, 0.5) is 11.4 Å². The van der Waals surface area contributed by atoms with E-state index in [0.29, 0.717) is 5.56 Å². The van der Waals surface area contributed by atoms with Crippen LogP contribution in [0, 0.1) is 11.3 Å². The highest BCUT2D eigenvalue weighted by molar-refractivity contribution is 5.85. The minimum absolute atomic E-state index is 0.160. The second kappa shape index (κ2) is 8.00. The van der Waals surface area contributed by atoms with E-state index >= 15 is 0 Å². The number of nitrogens with one attached hydrogen (secondary N) is 3. The fraction of sp³-hybridized carbons (Fsp3) is 0.417. The van der Waals surface area contributed by atoms with Gasteiger partial charge in [0.15, 0.2) is 0 Å². The lowest BCUT2D eigenvalue weighted by atomic mass is 9.91. The van der Waals surface area contributed by atoms with Crippen LogP contribution in [0.1, 0.15) is 49.3 Å². The normalized spacial score (nSPS) is 20.6. The zero-order valence-electron chi connectivity index (χ0n) is 17.4. The van der Waals surface area contributed by atoms with Crippen molar-refractivity contribution in [1.29, 1.82) is 5.26 Å². The van der Waals surface area contributed by atoms with E-state index in [1.807, 2.05) is 30.3 Å². The van der Waals surface area contributed by atoms with Crippen LogP contribution in [0.25, 0.3) is 0 Å². The number of hydrogen-bond acceptors (Lipinski definition) is 5. The van der Waals surface area contributed by atoms with Crippen LogP contribution in [-0.2, 0) is 10.2 Å². The standard InChI is InChI=1S/C24H28N4O2/c1-15(17-5-3-7-19(11-17)24(9-10-24)23(29)30)13-26-16(2)21-14-27-20-8-4-6-18(12-25)22(20)28-21/h3-8,11,15-16,21,26-28H,9-10,13-14H2,1-2H3,(H,29,30)/t15?,16-,21-/m1/s1. The molecule has 1 unspecified atom stereocenters. The van der Waals surface area contributed by atoms with Crippen molar-refractivity contribution in [2.75, 3.05) is 23.7 Å². The third-order valence-electron chi connectivity index (χ3n) is 6.54. The molecule has 6 heteroatoms. The molecule has 1 aliphatic heterocycles. The zero-order valence-corrected chi connectivity index (χ0v) is 17.4. The summed E-state index contributed by atoms with van der Waals surface area (Å²) in [4.78, 5) is 11.6. The number of carboxylic acid groups (broad SMARTS) is 1. The first kappa shape index (κ1) is 20.2. The minimum atomic E-state index is -0.716. The van der Waals surface area contributed by atoms with E-state index in [1.54, 1.807) is 0 Å². The first-order valence-corrected chi connectivity index (χ1v) is 10.6. The van der Waals surface area contributed by atoms with Crippen molar-refractivity contribution in [3.05, 3.63) is 59.2 Å². The lowest BCUT2D eigenvalue weighted by Gasteiger charge is -2.34. The molecule has 0 aromatic heterocycles. The molecule has 2 aromatic rings. The number of carbonyl (C=O) groups is 1. The molecular formula is C24H28N4O2. The van der Waals surface area contributed by atoms with Crippen molar-refractivity contribution in [2.45, 2.75) is 50.1 Å². The van der Waals surface area contributed by atoms with E-state index in [-0.39, 0.29) is 18.0 Å². The quantitative estimate of drug-likeness (QED) is 0.562. The minimum Gasteiger partial charge on any atom is -0.481 e. The summed E-state index contributed by atoms with van der Waals surface area (Å²) >= 11 is 0. The van der Waals surface area contributed by atoms with Crippen molar-refractivity contribution in [2.24, 2.45) is 0 Å². The molecule has 1 saturated carbocycles. The van der Waals surface area contributed by atoms with Crippen molar-refractivity contribution in [1.82, 2.24) is 5.32 Å². The number of carboxylic acids is 1. The van der Waals surface area contributed by atoms with Crippen LogP contribution in [0.5, 0.6) is 0 Å². The van der Waals surface area contributed by atoms with Gasteiger partial charge in [-0.2, -0.15) is 5.26 Å². The number of para-hydroxylation sites is 1. The van der Waals surface area contributed by atoms with Crippen LogP contribution in [-0.4, -0.2) is 36.2 Å². The molecule has 6 nitrogen and oxygen atoms in total. The third-order valence-corrected chi connectivity index (χ3v) is 6.54. The number of rotatable bonds is 7. The average molecular weight is 405 g/mol. The van der Waals surface area contributed by atoms with Gasteiger partial charge in [0, 0.05) is 19.1 Å². The number of anilines is 2. The summed E-state index contributed by atoms with van der Waals surface area (Å²) in [6.45, 7) is 5.87. The number of aliphatic carboxylic acids is 1. The smallest absolute Gasteiger partial charge is 0.314 e. The van der Waals surface area contributed by atoms with Gasteiger partial charge in [-0.05, 0) is 48.9 Å². The summed E-state index contributed by atoms with van der Waals surface area (Å²) < 4.78 is 0. The highest BCUT2D eigenvalue weighted by atomic mass is 16.4. The zero-order chi connectivity index (χ0) is 21.3. The Hall–Kier alpha value is -3.04. The summed E-state index contributed by atoms with van der Waals surface area (Å²) in [5.41, 5.74) is 3.90. The van der Waals surface area contributed by atoms with Crippen LogP contribution in [0.15, 0.2) is 42.5 Å². The molecule has 1 fully saturated rings. The van der Waals surface area contributed by atoms with Crippen LogP contribution < -0.4 is 16.0 Å². The van der Waals surface area contributed by atoms with Crippen molar-refractivity contribution >= 4 is 17.3 Å². The second-order valence-electron chi connectivity index (χ2n) is 8.58. The Morgan fingerprint density at radius 1 is 1.30 bits per heavy atom. The molecule has 1 heterocycles. The number of benzene rings is 2. The molecule has 156 valence electrons. The summed E-state index contributed by atoms with van der Waals surface area (Å²) in [5, 5.41) is 29.5. The third kappa shape index (κ3) is 3.73. The first-order chi connectivity index (χ1) is 14.4. The van der Waals surface area contributed by atoms with Crippen molar-refractivity contribution < 1.29 is 9.90 Å². The predicted molar refractivity (Wildman–Crippen MR) is 118 cm³/mol. The molecule has 0 spiro atoms. The second-order valence-corrected chi connectivity index (χ2v) is 8.58. The molecule has 30 heavy (non-hydrogen) atoms. The van der Waals surface area contributed by atoms with Crippen molar-refractivity contribution in [3.8, 4) is 6.07 Å². The summed E-state index contributed by atoms with van der Waals surface area (Å²) in [6.07, 6.45) is 1.45. The van der Waals surface area contributed by atoms with E-state index in [1.165, 1.54) is 0 Å². The molecule has 4 rings (SSSR count). The van der Waals surface area contributed by atoms with Gasteiger partial charge in [-0.25, -0.2) is 0 Å². The van der Waals surface area contributed by atoms with Crippen LogP contribution >= 0.6 is 0 Å². The van der Waals surface area contributed by atoms with Gasteiger partial charge in [-0.3, -0.25) is 4.79 Å². The van der Waals surface area contributed by atoms with E-state index < -0.39 is 11.4 Å². The number of nitrogens with zero attached hydrogens (tertiary/aromatic N) is 1. The maximum atomic E-state index is 11.6. The van der Waals surface area contributed by atoms with Gasteiger partial charge in [0.1, 0.15) is 6.07 Å². The van der Waals surface area contributed by atoms with Crippen molar-refractivity contribution in [3.63, 3.8) is 0 Å². The Kier molecular flexibility index (Phi) is 5.40. The largest absolute Gasteiger partial charge is 0.481 e. The Morgan fingerprint density at radius 2 is 2.07 bits per heavy atom. The van der Waals surface area contributed by atoms with Gasteiger partial charge in [0.25, 0.3) is 0 Å². The number of nitriles is 1. The average Bonchev–Trinajstić information content (AvgIpc) is 3.59. The first-order valence-electron chi connectivity index (χ1n) is 10.6. The molecular weight excluding hydrogens is 376 g/mol. The molecule has 1 aliphatic carbocycles. The molecule has 0 bridgehead atoms. The lowest BCUT2D eigenvalue weighted by molar-refractivity contribution is -0.140. The van der Waals surface area contributed by atoms with Gasteiger partial charge in [0.2, 0.25) is 0 Å². The molecule has 3 atom stereocenters. The monoisotopic (exact) mass is 404 g/mol.